The van der Waals surface area contributed by atoms with Gasteiger partial charge in [-0.3, -0.25) is 9.59 Å². The first-order chi connectivity index (χ1) is 19.5. The number of hydrazone groups is 2. The normalized spacial score (nSPS) is 11.2. The smallest absolute Gasteiger partial charge is 0.271 e. The number of hydrogen-bond donors (Lipinski definition) is 2. The second-order valence-electron chi connectivity index (χ2n) is 8.53. The lowest BCUT2D eigenvalue weighted by Crippen LogP contribution is -2.17. The third-order valence-corrected chi connectivity index (χ3v) is 5.76. The molecular weight excluding hydrogens is 504 g/mol. The molecule has 0 atom stereocenters. The van der Waals surface area contributed by atoms with Crippen molar-refractivity contribution in [2.45, 2.75) is 0 Å². The Bertz CT molecular complexity index is 1430. The van der Waals surface area contributed by atoms with E-state index in [0.717, 1.165) is 22.3 Å². The van der Waals surface area contributed by atoms with Gasteiger partial charge in [-0.25, -0.2) is 10.9 Å². The molecule has 0 unspecified atom stereocenters. The molecule has 0 aliphatic rings. The van der Waals surface area contributed by atoms with Crippen molar-refractivity contribution < 1.29 is 19.1 Å². The summed E-state index contributed by atoms with van der Waals surface area (Å²) in [5, 5.41) is 8.03. The molecule has 0 aliphatic heterocycles. The lowest BCUT2D eigenvalue weighted by atomic mass is 10.1. The molecule has 0 heterocycles. The SMILES string of the molecule is COc1cccc(/C=N/NC(=O)c2ccc(/C=C/c3ccc(C(=O)N/N=C/c4cccc(OC)c4)cc3)cc2)c1. The van der Waals surface area contributed by atoms with E-state index >= 15 is 0 Å². The standard InChI is InChI=1S/C32H28N4O4/c1-39-29-7-3-5-25(19-29)21-33-35-31(37)27-15-11-23(12-16-27)9-10-24-13-17-28(18-14-24)32(38)36-34-22-26-6-4-8-30(20-26)40-2/h3-22H,1-2H3,(H,35,37)(H,36,38)/b10-9+,33-21+,34-22+. The Balaban J connectivity index is 1.27. The molecule has 0 saturated carbocycles. The van der Waals surface area contributed by atoms with Crippen LogP contribution < -0.4 is 20.3 Å². The van der Waals surface area contributed by atoms with Crippen molar-refractivity contribution in [1.82, 2.24) is 10.9 Å². The maximum atomic E-state index is 12.4. The summed E-state index contributed by atoms with van der Waals surface area (Å²) in [6, 6.07) is 29.0. The topological polar surface area (TPSA) is 101 Å². The van der Waals surface area contributed by atoms with Gasteiger partial charge in [-0.2, -0.15) is 10.2 Å². The fourth-order valence-corrected chi connectivity index (χ4v) is 3.59. The van der Waals surface area contributed by atoms with Crippen molar-refractivity contribution >= 4 is 36.4 Å². The number of ether oxygens (including phenoxy) is 2. The Labute approximate surface area is 232 Å². The van der Waals surface area contributed by atoms with Gasteiger partial charge in [-0.1, -0.05) is 60.7 Å². The van der Waals surface area contributed by atoms with Crippen LogP contribution in [0.2, 0.25) is 0 Å². The van der Waals surface area contributed by atoms with Crippen LogP contribution in [0.3, 0.4) is 0 Å². The Hall–Kier alpha value is -5.50. The minimum atomic E-state index is -0.309. The molecular formula is C32H28N4O4. The first-order valence-corrected chi connectivity index (χ1v) is 12.4. The minimum absolute atomic E-state index is 0.309. The molecule has 40 heavy (non-hydrogen) atoms. The van der Waals surface area contributed by atoms with E-state index in [2.05, 4.69) is 21.1 Å². The van der Waals surface area contributed by atoms with Crippen LogP contribution in [0.15, 0.2) is 107 Å². The van der Waals surface area contributed by atoms with Crippen LogP contribution in [0.1, 0.15) is 43.0 Å². The third kappa shape index (κ3) is 8.00. The monoisotopic (exact) mass is 532 g/mol. The predicted octanol–water partition coefficient (Wildman–Crippen LogP) is 5.40. The van der Waals surface area contributed by atoms with Crippen molar-refractivity contribution in [3.05, 3.63) is 130 Å². The van der Waals surface area contributed by atoms with Crippen LogP contribution in [-0.4, -0.2) is 38.5 Å². The molecule has 2 amide bonds. The van der Waals surface area contributed by atoms with Crippen LogP contribution in [0, 0.1) is 0 Å². The van der Waals surface area contributed by atoms with Crippen LogP contribution in [0.4, 0.5) is 0 Å². The second kappa shape index (κ2) is 13.9. The summed E-state index contributed by atoms with van der Waals surface area (Å²) in [5.41, 5.74) is 9.50. The highest BCUT2D eigenvalue weighted by Gasteiger charge is 2.05. The van der Waals surface area contributed by atoms with Gasteiger partial charge in [0.15, 0.2) is 0 Å². The summed E-state index contributed by atoms with van der Waals surface area (Å²) in [6.07, 6.45) is 6.97. The molecule has 0 aromatic heterocycles. The van der Waals surface area contributed by atoms with Gasteiger partial charge < -0.3 is 9.47 Å². The highest BCUT2D eigenvalue weighted by molar-refractivity contribution is 5.96. The van der Waals surface area contributed by atoms with Crippen molar-refractivity contribution in [3.63, 3.8) is 0 Å². The number of amides is 2. The van der Waals surface area contributed by atoms with E-state index in [1.807, 2.05) is 84.9 Å². The summed E-state index contributed by atoms with van der Waals surface area (Å²) in [6.45, 7) is 0. The quantitative estimate of drug-likeness (QED) is 0.162. The predicted molar refractivity (Wildman–Crippen MR) is 158 cm³/mol. The number of nitrogens with zero attached hydrogens (tertiary/aromatic N) is 2. The molecule has 8 heteroatoms. The number of nitrogens with one attached hydrogen (secondary N) is 2. The van der Waals surface area contributed by atoms with Crippen LogP contribution in [0.5, 0.6) is 11.5 Å². The Morgan fingerprint density at radius 1 is 0.575 bits per heavy atom. The average molecular weight is 533 g/mol. The molecule has 0 spiro atoms. The van der Waals surface area contributed by atoms with Gasteiger partial charge in [0.25, 0.3) is 11.8 Å². The average Bonchev–Trinajstić information content (AvgIpc) is 3.00. The van der Waals surface area contributed by atoms with Gasteiger partial charge in [0, 0.05) is 11.1 Å². The highest BCUT2D eigenvalue weighted by atomic mass is 16.5. The van der Waals surface area contributed by atoms with E-state index in [1.54, 1.807) is 50.9 Å². The lowest BCUT2D eigenvalue weighted by Gasteiger charge is -2.02. The van der Waals surface area contributed by atoms with E-state index < -0.39 is 0 Å². The van der Waals surface area contributed by atoms with Gasteiger partial charge in [-0.15, -0.1) is 0 Å². The number of carbonyl (C=O) groups excluding carboxylic acids is 2. The summed E-state index contributed by atoms with van der Waals surface area (Å²) >= 11 is 0. The van der Waals surface area contributed by atoms with Crippen LogP contribution in [-0.2, 0) is 0 Å². The van der Waals surface area contributed by atoms with Crippen molar-refractivity contribution in [3.8, 4) is 11.5 Å². The summed E-state index contributed by atoms with van der Waals surface area (Å²) in [5.74, 6) is 0.811. The van der Waals surface area contributed by atoms with Gasteiger partial charge >= 0.3 is 0 Å². The zero-order chi connectivity index (χ0) is 28.2. The highest BCUT2D eigenvalue weighted by Crippen LogP contribution is 2.13. The first-order valence-electron chi connectivity index (χ1n) is 12.4. The van der Waals surface area contributed by atoms with Crippen molar-refractivity contribution in [2.75, 3.05) is 14.2 Å². The Morgan fingerprint density at radius 3 is 1.35 bits per heavy atom. The van der Waals surface area contributed by atoms with E-state index in [9.17, 15) is 9.59 Å². The molecule has 4 rings (SSSR count). The maximum Gasteiger partial charge on any atom is 0.271 e. The molecule has 0 fully saturated rings. The largest absolute Gasteiger partial charge is 0.497 e. The zero-order valence-electron chi connectivity index (χ0n) is 22.1. The zero-order valence-corrected chi connectivity index (χ0v) is 22.1. The molecule has 4 aromatic rings. The number of benzene rings is 4. The molecule has 200 valence electrons. The molecule has 0 aliphatic carbocycles. The summed E-state index contributed by atoms with van der Waals surface area (Å²) < 4.78 is 10.4. The van der Waals surface area contributed by atoms with Gasteiger partial charge in [0.1, 0.15) is 11.5 Å². The summed E-state index contributed by atoms with van der Waals surface area (Å²) in [4.78, 5) is 24.8. The molecule has 8 nitrogen and oxygen atoms in total. The molecule has 0 bridgehead atoms. The van der Waals surface area contributed by atoms with Crippen LogP contribution >= 0.6 is 0 Å². The second-order valence-corrected chi connectivity index (χ2v) is 8.53. The number of methoxy groups -OCH3 is 2. The van der Waals surface area contributed by atoms with Gasteiger partial charge in [0.2, 0.25) is 0 Å². The first kappa shape index (κ1) is 27.5. The fourth-order valence-electron chi connectivity index (χ4n) is 3.59. The number of hydrogen-bond acceptors (Lipinski definition) is 6. The van der Waals surface area contributed by atoms with Crippen molar-refractivity contribution in [1.29, 1.82) is 0 Å². The molecule has 4 aromatic carbocycles. The third-order valence-electron chi connectivity index (χ3n) is 5.76. The Morgan fingerprint density at radius 2 is 0.975 bits per heavy atom. The number of carbonyl (C=O) groups is 2. The van der Waals surface area contributed by atoms with Crippen LogP contribution in [0.25, 0.3) is 12.2 Å². The fraction of sp³-hybridized carbons (Fsp3) is 0.0625. The maximum absolute atomic E-state index is 12.4. The van der Waals surface area contributed by atoms with E-state index in [4.69, 9.17) is 9.47 Å². The summed E-state index contributed by atoms with van der Waals surface area (Å²) in [7, 11) is 3.19. The molecule has 0 saturated heterocycles. The molecule has 2 N–H and O–H groups in total. The van der Waals surface area contributed by atoms with Gasteiger partial charge in [0.05, 0.1) is 26.6 Å². The number of rotatable bonds is 10. The molecule has 0 radical (unpaired) electrons. The van der Waals surface area contributed by atoms with E-state index in [-0.39, 0.29) is 11.8 Å². The van der Waals surface area contributed by atoms with Crippen molar-refractivity contribution in [2.24, 2.45) is 10.2 Å². The lowest BCUT2D eigenvalue weighted by molar-refractivity contribution is 0.0947. The van der Waals surface area contributed by atoms with E-state index in [0.29, 0.717) is 22.6 Å². The van der Waals surface area contributed by atoms with Gasteiger partial charge in [-0.05, 0) is 70.8 Å². The minimum Gasteiger partial charge on any atom is -0.497 e. The Kier molecular flexibility index (Phi) is 9.55. The van der Waals surface area contributed by atoms with E-state index in [1.165, 1.54) is 0 Å².